The zero-order chi connectivity index (χ0) is 19.6. The third kappa shape index (κ3) is 5.28. The Morgan fingerprint density at radius 2 is 1.90 bits per heavy atom. The van der Waals surface area contributed by atoms with Crippen LogP contribution in [0, 0.1) is 17.3 Å². The molecule has 8 heteroatoms. The fourth-order valence-electron chi connectivity index (χ4n) is 5.33. The van der Waals surface area contributed by atoms with Crippen LogP contribution in [0.25, 0.3) is 0 Å². The molecule has 1 aromatic rings. The van der Waals surface area contributed by atoms with E-state index in [4.69, 9.17) is 5.73 Å². The van der Waals surface area contributed by atoms with Crippen molar-refractivity contribution >= 4 is 42.3 Å². The third-order valence-electron chi connectivity index (χ3n) is 7.02. The molecule has 4 N–H and O–H groups in total. The van der Waals surface area contributed by atoms with E-state index in [9.17, 15) is 9.59 Å². The summed E-state index contributed by atoms with van der Waals surface area (Å²) in [5.41, 5.74) is 7.31. The van der Waals surface area contributed by atoms with Crippen LogP contribution in [0.2, 0.25) is 0 Å². The van der Waals surface area contributed by atoms with E-state index >= 15 is 0 Å². The van der Waals surface area contributed by atoms with E-state index in [2.05, 4.69) is 27.7 Å². The number of hydrogen-bond acceptors (Lipinski definition) is 4. The monoisotopic (exact) mass is 456 g/mol. The van der Waals surface area contributed by atoms with Gasteiger partial charge in [0, 0.05) is 25.3 Å². The summed E-state index contributed by atoms with van der Waals surface area (Å²) >= 11 is 0. The molecule has 168 valence electrons. The van der Waals surface area contributed by atoms with E-state index in [1.165, 1.54) is 12.0 Å². The number of fused-ring (bicyclic) bond motifs is 1. The van der Waals surface area contributed by atoms with Crippen LogP contribution in [0.4, 0.5) is 5.69 Å². The molecule has 30 heavy (non-hydrogen) atoms. The number of primary amides is 1. The lowest BCUT2D eigenvalue weighted by molar-refractivity contribution is -0.128. The van der Waals surface area contributed by atoms with Gasteiger partial charge >= 0.3 is 0 Å². The molecule has 0 bridgehead atoms. The summed E-state index contributed by atoms with van der Waals surface area (Å²) in [6.07, 6.45) is 6.44. The largest absolute Gasteiger partial charge is 0.369 e. The highest BCUT2D eigenvalue weighted by Gasteiger charge is 2.49. The number of rotatable bonds is 5. The van der Waals surface area contributed by atoms with Crippen LogP contribution in [-0.4, -0.2) is 42.9 Å². The number of nitrogens with zero attached hydrogens (tertiary/aromatic N) is 1. The van der Waals surface area contributed by atoms with Gasteiger partial charge in [0.1, 0.15) is 0 Å². The molecular formula is C22H34Cl2N4O2. The number of amides is 2. The average molecular weight is 457 g/mol. The first-order chi connectivity index (χ1) is 13.6. The summed E-state index contributed by atoms with van der Waals surface area (Å²) in [7, 11) is 0. The number of nitrogens with two attached hydrogens (primary N) is 1. The lowest BCUT2D eigenvalue weighted by Gasteiger charge is -2.37. The van der Waals surface area contributed by atoms with Gasteiger partial charge < -0.3 is 16.4 Å². The van der Waals surface area contributed by atoms with E-state index in [0.29, 0.717) is 5.92 Å². The highest BCUT2D eigenvalue weighted by molar-refractivity contribution is 5.96. The smallest absolute Gasteiger partial charge is 0.232 e. The summed E-state index contributed by atoms with van der Waals surface area (Å²) in [6.45, 7) is 4.32. The van der Waals surface area contributed by atoms with Gasteiger partial charge in [-0.05, 0) is 62.4 Å². The number of anilines is 1. The highest BCUT2D eigenvalue weighted by atomic mass is 35.5. The number of carbonyl (C=O) groups is 2. The molecule has 4 rings (SSSR count). The van der Waals surface area contributed by atoms with Gasteiger partial charge in [0.05, 0.1) is 11.3 Å². The van der Waals surface area contributed by atoms with Gasteiger partial charge in [-0.15, -0.1) is 24.8 Å². The second-order valence-electron chi connectivity index (χ2n) is 8.86. The molecule has 0 radical (unpaired) electrons. The fraction of sp³-hybridized carbons (Fsp3) is 0.636. The minimum absolute atomic E-state index is 0. The maximum Gasteiger partial charge on any atom is 0.232 e. The van der Waals surface area contributed by atoms with Crippen LogP contribution in [0.1, 0.15) is 44.1 Å². The lowest BCUT2D eigenvalue weighted by atomic mass is 9.67. The molecule has 6 nitrogen and oxygen atoms in total. The van der Waals surface area contributed by atoms with Gasteiger partial charge in [-0.2, -0.15) is 0 Å². The second kappa shape index (κ2) is 10.8. The second-order valence-corrected chi connectivity index (χ2v) is 8.86. The van der Waals surface area contributed by atoms with Gasteiger partial charge in [-0.1, -0.05) is 25.0 Å². The number of piperidine rings is 1. The molecule has 3 fully saturated rings. The maximum absolute atomic E-state index is 13.1. The Kier molecular flexibility index (Phi) is 8.98. The Morgan fingerprint density at radius 1 is 1.13 bits per heavy atom. The van der Waals surface area contributed by atoms with Crippen LogP contribution in [-0.2, 0) is 16.1 Å². The van der Waals surface area contributed by atoms with Gasteiger partial charge in [-0.25, -0.2) is 0 Å². The van der Waals surface area contributed by atoms with Crippen molar-refractivity contribution < 1.29 is 9.59 Å². The van der Waals surface area contributed by atoms with Crippen LogP contribution < -0.4 is 16.4 Å². The number of hydrogen-bond donors (Lipinski definition) is 3. The number of carbonyl (C=O) groups excluding carboxylic acids is 2. The summed E-state index contributed by atoms with van der Waals surface area (Å²) in [4.78, 5) is 26.8. The molecule has 2 saturated heterocycles. The van der Waals surface area contributed by atoms with Gasteiger partial charge in [0.15, 0.2) is 0 Å². The van der Waals surface area contributed by atoms with Crippen molar-refractivity contribution in [3.05, 3.63) is 29.8 Å². The Balaban J connectivity index is 0.00000160. The summed E-state index contributed by atoms with van der Waals surface area (Å²) < 4.78 is 0. The molecule has 1 saturated carbocycles. The van der Waals surface area contributed by atoms with Crippen molar-refractivity contribution in [1.29, 1.82) is 0 Å². The standard InChI is InChI=1S/C22H32N4O2.2ClH/c23-20(27)17-4-3-11-26(14-17)13-16-6-8-19(9-7-16)25-21(28)22-10-2-1-5-18(22)12-24-15-22;;/h6-9,17-18,24H,1-5,10-15H2,(H2,23,27)(H,25,28);2*1H/t17?,18-,22+;;/m0../s1. The quantitative estimate of drug-likeness (QED) is 0.635. The molecule has 2 heterocycles. The van der Waals surface area contributed by atoms with E-state index in [-0.39, 0.29) is 48.0 Å². The van der Waals surface area contributed by atoms with Crippen LogP contribution in [0.3, 0.4) is 0 Å². The maximum atomic E-state index is 13.1. The van der Waals surface area contributed by atoms with Crippen molar-refractivity contribution in [1.82, 2.24) is 10.2 Å². The molecule has 1 unspecified atom stereocenters. The molecule has 3 atom stereocenters. The number of nitrogens with one attached hydrogen (secondary N) is 2. The number of likely N-dealkylation sites (tertiary alicyclic amines) is 1. The SMILES string of the molecule is Cl.Cl.NC(=O)C1CCCN(Cc2ccc(NC(=O)[C@@]34CCCC[C@H]3CNC4)cc2)C1. The van der Waals surface area contributed by atoms with E-state index in [0.717, 1.165) is 70.5 Å². The molecule has 2 amide bonds. The highest BCUT2D eigenvalue weighted by Crippen LogP contribution is 2.44. The summed E-state index contributed by atoms with van der Waals surface area (Å²) in [5, 5.41) is 6.61. The zero-order valence-electron chi connectivity index (χ0n) is 17.4. The van der Waals surface area contributed by atoms with Crippen molar-refractivity contribution in [2.24, 2.45) is 23.0 Å². The Hall–Kier alpha value is -1.34. The molecule has 1 aromatic carbocycles. The van der Waals surface area contributed by atoms with E-state index in [1.807, 2.05) is 12.1 Å². The minimum atomic E-state index is -0.228. The first-order valence-electron chi connectivity index (χ1n) is 10.7. The Morgan fingerprint density at radius 3 is 2.63 bits per heavy atom. The van der Waals surface area contributed by atoms with Crippen LogP contribution in [0.15, 0.2) is 24.3 Å². The van der Waals surface area contributed by atoms with Crippen LogP contribution in [0.5, 0.6) is 0 Å². The summed E-state index contributed by atoms with van der Waals surface area (Å²) in [6, 6.07) is 8.15. The number of benzene rings is 1. The van der Waals surface area contributed by atoms with E-state index < -0.39 is 0 Å². The van der Waals surface area contributed by atoms with Gasteiger partial charge in [0.25, 0.3) is 0 Å². The molecule has 1 aliphatic carbocycles. The topological polar surface area (TPSA) is 87.5 Å². The van der Waals surface area contributed by atoms with Crippen molar-refractivity contribution in [3.63, 3.8) is 0 Å². The first-order valence-corrected chi connectivity index (χ1v) is 10.7. The Bertz CT molecular complexity index is 730. The molecular weight excluding hydrogens is 423 g/mol. The Labute approximate surface area is 191 Å². The van der Waals surface area contributed by atoms with Crippen molar-refractivity contribution in [2.75, 3.05) is 31.5 Å². The average Bonchev–Trinajstić information content (AvgIpc) is 3.15. The van der Waals surface area contributed by atoms with Crippen molar-refractivity contribution in [3.8, 4) is 0 Å². The van der Waals surface area contributed by atoms with Crippen LogP contribution >= 0.6 is 24.8 Å². The normalized spacial score (nSPS) is 28.5. The van der Waals surface area contributed by atoms with Gasteiger partial charge in [0.2, 0.25) is 11.8 Å². The molecule has 3 aliphatic rings. The minimum Gasteiger partial charge on any atom is -0.369 e. The van der Waals surface area contributed by atoms with Crippen molar-refractivity contribution in [2.45, 2.75) is 45.1 Å². The number of halogens is 2. The first kappa shape index (κ1) is 24.9. The summed E-state index contributed by atoms with van der Waals surface area (Å²) in [5.74, 6) is 0.424. The lowest BCUT2D eigenvalue weighted by Crippen LogP contribution is -2.44. The van der Waals surface area contributed by atoms with E-state index in [1.54, 1.807) is 0 Å². The fourth-order valence-corrected chi connectivity index (χ4v) is 5.33. The van der Waals surface area contributed by atoms with Gasteiger partial charge in [-0.3, -0.25) is 14.5 Å². The molecule has 0 spiro atoms. The predicted molar refractivity (Wildman–Crippen MR) is 124 cm³/mol. The molecule has 2 aliphatic heterocycles. The zero-order valence-corrected chi connectivity index (χ0v) is 19.0. The molecule has 0 aromatic heterocycles. The predicted octanol–water partition coefficient (Wildman–Crippen LogP) is 2.95. The third-order valence-corrected chi connectivity index (χ3v) is 7.02.